The number of methoxy groups -OCH3 is 1. The molecule has 1 N–H and O–H groups in total. The van der Waals surface area contributed by atoms with Crippen LogP contribution < -0.4 is 5.32 Å². The van der Waals surface area contributed by atoms with Crippen LogP contribution in [0.4, 0.5) is 0 Å². The maximum Gasteiger partial charge on any atom is 0.0589 e. The molecule has 3 aliphatic rings. The largest absolute Gasteiger partial charge is 0.383 e. The Hall–Kier alpha value is -0.120. The van der Waals surface area contributed by atoms with Gasteiger partial charge in [-0.25, -0.2) is 0 Å². The lowest BCUT2D eigenvalue weighted by Crippen LogP contribution is -2.47. The van der Waals surface area contributed by atoms with E-state index in [0.717, 1.165) is 31.2 Å². The third-order valence-corrected chi connectivity index (χ3v) is 6.01. The van der Waals surface area contributed by atoms with E-state index in [1.807, 2.05) is 7.11 Å². The molecule has 3 nitrogen and oxygen atoms in total. The fourth-order valence-corrected chi connectivity index (χ4v) is 4.11. The molecule has 0 amide bonds. The Kier molecular flexibility index (Phi) is 5.23. The van der Waals surface area contributed by atoms with Crippen LogP contribution in [0.3, 0.4) is 0 Å². The number of hydrogen-bond donors (Lipinski definition) is 1. The predicted octanol–water partition coefficient (Wildman–Crippen LogP) is 3.05. The van der Waals surface area contributed by atoms with E-state index < -0.39 is 0 Å². The molecule has 3 fully saturated rings. The Labute approximate surface area is 130 Å². The van der Waals surface area contributed by atoms with E-state index in [9.17, 15) is 0 Å². The highest BCUT2D eigenvalue weighted by atomic mass is 16.5. The van der Waals surface area contributed by atoms with E-state index in [-0.39, 0.29) is 0 Å². The summed E-state index contributed by atoms with van der Waals surface area (Å²) in [5.74, 6) is 0.955. The second-order valence-electron chi connectivity index (χ2n) is 7.90. The van der Waals surface area contributed by atoms with Crippen LogP contribution in [0, 0.1) is 11.3 Å². The molecule has 21 heavy (non-hydrogen) atoms. The lowest BCUT2D eigenvalue weighted by atomic mass is 9.84. The van der Waals surface area contributed by atoms with Gasteiger partial charge in [-0.2, -0.15) is 0 Å². The highest BCUT2D eigenvalue weighted by Crippen LogP contribution is 2.41. The highest BCUT2D eigenvalue weighted by Gasteiger charge is 2.40. The molecule has 122 valence electrons. The van der Waals surface area contributed by atoms with Crippen molar-refractivity contribution >= 4 is 0 Å². The summed E-state index contributed by atoms with van der Waals surface area (Å²) in [5.41, 5.74) is 0.541. The van der Waals surface area contributed by atoms with Crippen LogP contribution in [0.5, 0.6) is 0 Å². The number of rotatable bonds is 10. The van der Waals surface area contributed by atoms with Gasteiger partial charge in [0, 0.05) is 38.8 Å². The lowest BCUT2D eigenvalue weighted by molar-refractivity contribution is 0.0722. The zero-order chi connectivity index (χ0) is 14.7. The standard InChI is InChI=1S/C18H34N2O/c1-15(16-5-6-16)20(11-12-21-2)14-18(9-3-4-10-18)13-19-17-7-8-17/h15-17,19H,3-14H2,1-2H3. The number of hydrogen-bond acceptors (Lipinski definition) is 3. The molecule has 0 heterocycles. The summed E-state index contributed by atoms with van der Waals surface area (Å²) in [6, 6.07) is 1.59. The van der Waals surface area contributed by atoms with Crippen molar-refractivity contribution in [2.45, 2.75) is 70.4 Å². The summed E-state index contributed by atoms with van der Waals surface area (Å²) in [6.45, 7) is 6.97. The van der Waals surface area contributed by atoms with Crippen LogP contribution in [-0.2, 0) is 4.74 Å². The Morgan fingerprint density at radius 2 is 1.90 bits per heavy atom. The van der Waals surface area contributed by atoms with E-state index in [2.05, 4.69) is 17.1 Å². The first-order valence-corrected chi connectivity index (χ1v) is 9.19. The molecule has 1 atom stereocenters. The van der Waals surface area contributed by atoms with Crippen molar-refractivity contribution in [3.8, 4) is 0 Å². The summed E-state index contributed by atoms with van der Waals surface area (Å²) in [7, 11) is 1.83. The van der Waals surface area contributed by atoms with Gasteiger partial charge in [-0.3, -0.25) is 4.90 Å². The average molecular weight is 294 g/mol. The van der Waals surface area contributed by atoms with E-state index in [0.29, 0.717) is 5.41 Å². The van der Waals surface area contributed by atoms with Gasteiger partial charge in [0.15, 0.2) is 0 Å². The SMILES string of the molecule is COCCN(CC1(CNC2CC2)CCCC1)C(C)C1CC1. The summed E-state index contributed by atoms with van der Waals surface area (Å²) < 4.78 is 5.37. The summed E-state index contributed by atoms with van der Waals surface area (Å²) in [6.07, 6.45) is 11.4. The number of ether oxygens (including phenoxy) is 1. The monoisotopic (exact) mass is 294 g/mol. The van der Waals surface area contributed by atoms with Gasteiger partial charge < -0.3 is 10.1 Å². The van der Waals surface area contributed by atoms with Crippen LogP contribution in [0.15, 0.2) is 0 Å². The minimum Gasteiger partial charge on any atom is -0.383 e. The molecule has 0 aromatic rings. The molecule has 0 aliphatic heterocycles. The zero-order valence-electron chi connectivity index (χ0n) is 14.1. The molecular formula is C18H34N2O. The maximum absolute atomic E-state index is 5.37. The Morgan fingerprint density at radius 3 is 2.48 bits per heavy atom. The highest BCUT2D eigenvalue weighted by molar-refractivity contribution is 4.95. The van der Waals surface area contributed by atoms with Crippen LogP contribution >= 0.6 is 0 Å². The molecule has 3 saturated carbocycles. The van der Waals surface area contributed by atoms with E-state index in [1.54, 1.807) is 0 Å². The topological polar surface area (TPSA) is 24.5 Å². The van der Waals surface area contributed by atoms with Crippen LogP contribution in [0.2, 0.25) is 0 Å². The normalized spacial score (nSPS) is 26.4. The predicted molar refractivity (Wildman–Crippen MR) is 87.6 cm³/mol. The minimum absolute atomic E-state index is 0.541. The molecule has 0 saturated heterocycles. The quantitative estimate of drug-likeness (QED) is 0.670. The van der Waals surface area contributed by atoms with Gasteiger partial charge in [-0.1, -0.05) is 12.8 Å². The summed E-state index contributed by atoms with van der Waals surface area (Å²) >= 11 is 0. The zero-order valence-corrected chi connectivity index (χ0v) is 14.1. The van der Waals surface area contributed by atoms with Gasteiger partial charge in [0.1, 0.15) is 0 Å². The minimum atomic E-state index is 0.541. The number of nitrogens with one attached hydrogen (secondary N) is 1. The summed E-state index contributed by atoms with van der Waals surface area (Å²) in [4.78, 5) is 2.75. The van der Waals surface area contributed by atoms with Crippen molar-refractivity contribution in [1.29, 1.82) is 0 Å². The average Bonchev–Trinajstić information content (AvgIpc) is 3.40. The first kappa shape index (κ1) is 15.8. The van der Waals surface area contributed by atoms with Crippen molar-refractivity contribution in [2.75, 3.05) is 33.4 Å². The molecule has 0 aromatic heterocycles. The molecule has 0 bridgehead atoms. The Morgan fingerprint density at radius 1 is 1.19 bits per heavy atom. The molecule has 0 radical (unpaired) electrons. The van der Waals surface area contributed by atoms with Crippen LogP contribution in [0.25, 0.3) is 0 Å². The van der Waals surface area contributed by atoms with Gasteiger partial charge in [0.05, 0.1) is 6.61 Å². The second kappa shape index (κ2) is 6.97. The van der Waals surface area contributed by atoms with Crippen LogP contribution in [0.1, 0.15) is 58.3 Å². The summed E-state index contributed by atoms with van der Waals surface area (Å²) in [5, 5.41) is 3.83. The smallest absolute Gasteiger partial charge is 0.0589 e. The fourth-order valence-electron chi connectivity index (χ4n) is 4.11. The van der Waals surface area contributed by atoms with Gasteiger partial charge >= 0.3 is 0 Å². The van der Waals surface area contributed by atoms with Crippen molar-refractivity contribution in [1.82, 2.24) is 10.2 Å². The third-order valence-electron chi connectivity index (χ3n) is 6.01. The van der Waals surface area contributed by atoms with Crippen molar-refractivity contribution < 1.29 is 4.74 Å². The van der Waals surface area contributed by atoms with Gasteiger partial charge in [-0.15, -0.1) is 0 Å². The molecule has 1 unspecified atom stereocenters. The second-order valence-corrected chi connectivity index (χ2v) is 7.90. The van der Waals surface area contributed by atoms with Gasteiger partial charge in [-0.05, 0) is 56.8 Å². The van der Waals surface area contributed by atoms with Crippen LogP contribution in [-0.4, -0.2) is 50.3 Å². The van der Waals surface area contributed by atoms with E-state index >= 15 is 0 Å². The van der Waals surface area contributed by atoms with Gasteiger partial charge in [0.2, 0.25) is 0 Å². The van der Waals surface area contributed by atoms with Crippen molar-refractivity contribution in [2.24, 2.45) is 11.3 Å². The Balaban J connectivity index is 1.58. The molecule has 3 rings (SSSR count). The van der Waals surface area contributed by atoms with Crippen molar-refractivity contribution in [3.05, 3.63) is 0 Å². The first-order chi connectivity index (χ1) is 10.2. The van der Waals surface area contributed by atoms with Crippen molar-refractivity contribution in [3.63, 3.8) is 0 Å². The third kappa shape index (κ3) is 4.43. The van der Waals surface area contributed by atoms with E-state index in [4.69, 9.17) is 4.74 Å². The molecule has 0 spiro atoms. The molecular weight excluding hydrogens is 260 g/mol. The van der Waals surface area contributed by atoms with E-state index in [1.165, 1.54) is 64.5 Å². The maximum atomic E-state index is 5.37. The molecule has 0 aromatic carbocycles. The van der Waals surface area contributed by atoms with Gasteiger partial charge in [0.25, 0.3) is 0 Å². The molecule has 3 aliphatic carbocycles. The molecule has 3 heteroatoms. The number of nitrogens with zero attached hydrogens (tertiary/aromatic N) is 1. The Bertz CT molecular complexity index is 319. The first-order valence-electron chi connectivity index (χ1n) is 9.19. The lowest BCUT2D eigenvalue weighted by Gasteiger charge is -2.39. The fraction of sp³-hybridized carbons (Fsp3) is 1.00.